The van der Waals surface area contributed by atoms with Crippen molar-refractivity contribution in [2.24, 2.45) is 0 Å². The molecule has 4 N–H and O–H groups in total. The van der Waals surface area contributed by atoms with E-state index in [9.17, 15) is 16.8 Å². The number of nitrogens with zero attached hydrogens (tertiary/aromatic N) is 2. The molecule has 2 aliphatic rings. The van der Waals surface area contributed by atoms with E-state index in [0.29, 0.717) is 52.6 Å². The van der Waals surface area contributed by atoms with E-state index in [2.05, 4.69) is 75.3 Å². The van der Waals surface area contributed by atoms with Crippen molar-refractivity contribution in [2.45, 2.75) is 75.5 Å². The summed E-state index contributed by atoms with van der Waals surface area (Å²) in [7, 11) is -4.51. The van der Waals surface area contributed by atoms with Gasteiger partial charge in [-0.1, -0.05) is 18.2 Å². The summed E-state index contributed by atoms with van der Waals surface area (Å²) in [4.78, 5) is 4.96. The van der Waals surface area contributed by atoms with Crippen molar-refractivity contribution in [3.05, 3.63) is 119 Å². The van der Waals surface area contributed by atoms with Gasteiger partial charge in [0.15, 0.2) is 0 Å². The Balaban J connectivity index is 0.000000191. The van der Waals surface area contributed by atoms with Crippen molar-refractivity contribution in [1.29, 1.82) is 0 Å². The first-order valence-electron chi connectivity index (χ1n) is 21.2. The number of furan rings is 1. The van der Waals surface area contributed by atoms with E-state index in [0.717, 1.165) is 59.8 Å². The molecule has 4 aromatic carbocycles. The first kappa shape index (κ1) is 46.5. The maximum Gasteiger partial charge on any atom is 0.262 e. The topological polar surface area (TPSA) is 154 Å². The number of aryl methyl sites for hydroxylation is 2. The third-order valence-electron chi connectivity index (χ3n) is 11.4. The van der Waals surface area contributed by atoms with E-state index < -0.39 is 20.0 Å². The third kappa shape index (κ3) is 10.9. The SMILES string of the molecule is COc1ccc(N2C[C@@H](C)N[C@@H](C)C2)cc1NS(=O)(=O)c1ccc(-c2ccoc2)cc1C.COc1ccc(N2C[C@@H](C)N[C@@H](C)C2)cc1NS(=O)(=O)c1ccc(-c2cscc2C)cc1. The van der Waals surface area contributed by atoms with Crippen molar-refractivity contribution in [1.82, 2.24) is 10.6 Å². The van der Waals surface area contributed by atoms with Gasteiger partial charge < -0.3 is 34.3 Å². The molecule has 0 spiro atoms. The van der Waals surface area contributed by atoms with Crippen LogP contribution in [0.5, 0.6) is 11.5 Å². The summed E-state index contributed by atoms with van der Waals surface area (Å²) in [5.74, 6) is 0.959. The zero-order chi connectivity index (χ0) is 45.8. The van der Waals surface area contributed by atoms with E-state index >= 15 is 0 Å². The summed E-state index contributed by atoms with van der Waals surface area (Å²) in [5, 5.41) is 11.2. The van der Waals surface area contributed by atoms with Crippen LogP contribution in [0.2, 0.25) is 0 Å². The van der Waals surface area contributed by atoms with Crippen molar-refractivity contribution >= 4 is 54.1 Å². The number of rotatable bonds is 12. The highest BCUT2D eigenvalue weighted by Gasteiger charge is 2.26. The van der Waals surface area contributed by atoms with Crippen LogP contribution in [0.25, 0.3) is 22.3 Å². The van der Waals surface area contributed by atoms with E-state index in [4.69, 9.17) is 13.9 Å². The minimum Gasteiger partial charge on any atom is -0.495 e. The molecule has 2 aliphatic heterocycles. The van der Waals surface area contributed by atoms with Gasteiger partial charge in [0.1, 0.15) is 11.5 Å². The highest BCUT2D eigenvalue weighted by molar-refractivity contribution is 7.93. The van der Waals surface area contributed by atoms with E-state index in [1.165, 1.54) is 12.7 Å². The number of benzene rings is 4. The molecule has 0 unspecified atom stereocenters. The largest absolute Gasteiger partial charge is 0.495 e. The van der Waals surface area contributed by atoms with Crippen LogP contribution in [0.1, 0.15) is 38.8 Å². The fourth-order valence-corrected chi connectivity index (χ4v) is 11.7. The Morgan fingerprint density at radius 3 is 1.58 bits per heavy atom. The average molecular weight is 927 g/mol. The number of nitrogens with one attached hydrogen (secondary N) is 4. The summed E-state index contributed by atoms with van der Waals surface area (Å²) in [6.45, 7) is 15.8. The van der Waals surface area contributed by atoms with Crippen molar-refractivity contribution in [3.8, 4) is 33.8 Å². The fourth-order valence-electron chi connectivity index (χ4n) is 8.45. The third-order valence-corrected chi connectivity index (χ3v) is 15.1. The number of hydrogen-bond donors (Lipinski definition) is 4. The van der Waals surface area contributed by atoms with Gasteiger partial charge in [-0.25, -0.2) is 16.8 Å². The predicted molar refractivity (Wildman–Crippen MR) is 260 cm³/mol. The number of sulfonamides is 2. The lowest BCUT2D eigenvalue weighted by Crippen LogP contribution is -2.54. The Hall–Kier alpha value is -5.52. The highest BCUT2D eigenvalue weighted by atomic mass is 32.2. The smallest absolute Gasteiger partial charge is 0.262 e. The molecule has 0 amide bonds. The number of thiophene rings is 1. The molecule has 8 rings (SSSR count). The molecular formula is C48H58N6O7S3. The van der Waals surface area contributed by atoms with Crippen LogP contribution in [0.15, 0.2) is 122 Å². The lowest BCUT2D eigenvalue weighted by Gasteiger charge is -2.38. The molecule has 0 bridgehead atoms. The van der Waals surface area contributed by atoms with Crippen molar-refractivity contribution in [3.63, 3.8) is 0 Å². The summed E-state index contributed by atoms with van der Waals surface area (Å²) < 4.78 is 74.3. The highest BCUT2D eigenvalue weighted by Crippen LogP contribution is 2.35. The van der Waals surface area contributed by atoms with Gasteiger partial charge in [0.25, 0.3) is 20.0 Å². The van der Waals surface area contributed by atoms with Crippen LogP contribution < -0.4 is 39.4 Å². The van der Waals surface area contributed by atoms with Gasteiger partial charge >= 0.3 is 0 Å². The monoisotopic (exact) mass is 926 g/mol. The Labute approximate surface area is 381 Å². The van der Waals surface area contributed by atoms with Gasteiger partial charge in [-0.2, -0.15) is 11.3 Å². The molecule has 2 aromatic heterocycles. The van der Waals surface area contributed by atoms with Gasteiger partial charge in [-0.15, -0.1) is 0 Å². The van der Waals surface area contributed by atoms with Crippen LogP contribution in [0, 0.1) is 13.8 Å². The molecule has 6 aromatic rings. The Kier molecular flexibility index (Phi) is 14.3. The molecule has 64 heavy (non-hydrogen) atoms. The van der Waals surface area contributed by atoms with E-state index in [1.54, 1.807) is 68.2 Å². The molecule has 0 aliphatic carbocycles. The zero-order valence-electron chi connectivity index (χ0n) is 37.5. The summed E-state index contributed by atoms with van der Waals surface area (Å²) in [6.07, 6.45) is 3.23. The van der Waals surface area contributed by atoms with Gasteiger partial charge in [-0.3, -0.25) is 9.44 Å². The lowest BCUT2D eigenvalue weighted by molar-refractivity contribution is 0.406. The van der Waals surface area contributed by atoms with Gasteiger partial charge in [0.05, 0.1) is 47.9 Å². The minimum atomic E-state index is -3.82. The fraction of sp³-hybridized carbons (Fsp3) is 0.333. The molecule has 4 heterocycles. The molecular weight excluding hydrogens is 869 g/mol. The number of ether oxygens (including phenoxy) is 2. The van der Waals surface area contributed by atoms with Gasteiger partial charge in [0.2, 0.25) is 0 Å². The second-order valence-corrected chi connectivity index (χ2v) is 20.8. The molecule has 2 fully saturated rings. The predicted octanol–water partition coefficient (Wildman–Crippen LogP) is 8.97. The first-order chi connectivity index (χ1) is 30.5. The first-order valence-corrected chi connectivity index (χ1v) is 25.1. The summed E-state index contributed by atoms with van der Waals surface area (Å²) >= 11 is 1.64. The zero-order valence-corrected chi connectivity index (χ0v) is 40.0. The molecule has 16 heteroatoms. The number of methoxy groups -OCH3 is 2. The normalized spacial score (nSPS) is 19.1. The lowest BCUT2D eigenvalue weighted by atomic mass is 10.1. The van der Waals surface area contributed by atoms with Crippen LogP contribution >= 0.6 is 11.3 Å². The molecule has 340 valence electrons. The second kappa shape index (κ2) is 19.7. The second-order valence-electron chi connectivity index (χ2n) is 16.7. The number of anilines is 4. The Morgan fingerprint density at radius 2 is 1.12 bits per heavy atom. The quantitative estimate of drug-likeness (QED) is 0.0930. The Bertz CT molecular complexity index is 2740. The minimum absolute atomic E-state index is 0.214. The molecule has 13 nitrogen and oxygen atoms in total. The Morgan fingerprint density at radius 1 is 0.609 bits per heavy atom. The van der Waals surface area contributed by atoms with Crippen molar-refractivity contribution < 1.29 is 30.7 Å². The number of piperazine rings is 2. The van der Waals surface area contributed by atoms with Crippen LogP contribution in [0.4, 0.5) is 22.7 Å². The molecule has 0 saturated carbocycles. The van der Waals surface area contributed by atoms with Crippen LogP contribution in [-0.4, -0.2) is 81.4 Å². The molecule has 4 atom stereocenters. The van der Waals surface area contributed by atoms with Gasteiger partial charge in [0, 0.05) is 67.3 Å². The molecule has 0 radical (unpaired) electrons. The van der Waals surface area contributed by atoms with Crippen LogP contribution in [0.3, 0.4) is 0 Å². The van der Waals surface area contributed by atoms with Crippen LogP contribution in [-0.2, 0) is 20.0 Å². The van der Waals surface area contributed by atoms with E-state index in [-0.39, 0.29) is 9.79 Å². The standard InChI is InChI=1S/C24H29N3O4S.C24H29N3O3S2/c1-16-11-19(20-9-10-31-15-20)5-8-24(16)32(28,29)26-22-12-21(6-7-23(22)30-4)27-13-17(2)25-18(3)14-27;1-16-14-31-15-22(16)19-5-8-21(9-6-19)32(28,29)26-23-11-20(7-10-24(23)30-4)27-12-17(2)25-18(3)13-27/h5-12,15,17-18,25-26H,13-14H2,1-4H3;5-11,14-15,17-18,25-26H,12-13H2,1-4H3/t2*17-,18+. The van der Waals surface area contributed by atoms with Crippen molar-refractivity contribution in [2.75, 3.05) is 59.6 Å². The van der Waals surface area contributed by atoms with E-state index in [1.807, 2.05) is 54.6 Å². The molecule has 2 saturated heterocycles. The maximum absolute atomic E-state index is 13.3. The maximum atomic E-state index is 13.3. The summed E-state index contributed by atoms with van der Waals surface area (Å²) in [6, 6.07) is 26.7. The summed E-state index contributed by atoms with van der Waals surface area (Å²) in [5.41, 5.74) is 8.53. The average Bonchev–Trinajstić information content (AvgIpc) is 3.95. The number of hydrogen-bond acceptors (Lipinski definition) is 12. The van der Waals surface area contributed by atoms with Gasteiger partial charge in [-0.05, 0) is 147 Å².